The van der Waals surface area contributed by atoms with Crippen molar-refractivity contribution in [3.05, 3.63) is 75.6 Å². The molecule has 4 heteroatoms. The molecule has 4 heterocycles. The maximum atomic E-state index is 13.1. The molecule has 136 valence electrons. The summed E-state index contributed by atoms with van der Waals surface area (Å²) in [4.78, 5) is 15.5. The topological polar surface area (TPSA) is 42.7 Å². The third-order valence-electron chi connectivity index (χ3n) is 7.29. The second-order valence-electron chi connectivity index (χ2n) is 8.64. The number of nitrogens with zero attached hydrogens (tertiary/aromatic N) is 1. The van der Waals surface area contributed by atoms with E-state index in [2.05, 4.69) is 50.1 Å². The van der Waals surface area contributed by atoms with E-state index in [1.165, 1.54) is 11.1 Å². The fourth-order valence-corrected chi connectivity index (χ4v) is 6.06. The Balaban J connectivity index is 1.73. The number of piperidine rings is 1. The molecule has 0 saturated carbocycles. The van der Waals surface area contributed by atoms with Gasteiger partial charge in [0.2, 0.25) is 0 Å². The van der Waals surface area contributed by atoms with Gasteiger partial charge >= 0.3 is 5.63 Å². The lowest BCUT2D eigenvalue weighted by molar-refractivity contribution is -0.140. The lowest BCUT2D eigenvalue weighted by Crippen LogP contribution is -2.69. The van der Waals surface area contributed by atoms with Crippen LogP contribution in [0.25, 0.3) is 11.0 Å². The van der Waals surface area contributed by atoms with E-state index in [1.54, 1.807) is 0 Å². The fraction of sp³-hybridized carbons (Fsp3) is 0.348. The van der Waals surface area contributed by atoms with Crippen molar-refractivity contribution < 1.29 is 9.15 Å². The number of hydrogen-bond acceptors (Lipinski definition) is 4. The molecule has 0 spiro atoms. The summed E-state index contributed by atoms with van der Waals surface area (Å²) in [6.07, 6.45) is 0.773. The first-order valence-corrected chi connectivity index (χ1v) is 9.50. The third-order valence-corrected chi connectivity index (χ3v) is 7.29. The van der Waals surface area contributed by atoms with Gasteiger partial charge in [0, 0.05) is 16.9 Å². The number of rotatable bonds is 0. The predicted molar refractivity (Wildman–Crippen MR) is 103 cm³/mol. The van der Waals surface area contributed by atoms with Crippen molar-refractivity contribution in [3.63, 3.8) is 0 Å². The molecule has 7 rings (SSSR count). The second kappa shape index (κ2) is 4.63. The maximum Gasteiger partial charge on any atom is 0.343 e. The maximum absolute atomic E-state index is 13.1. The van der Waals surface area contributed by atoms with E-state index < -0.39 is 0 Å². The van der Waals surface area contributed by atoms with Crippen molar-refractivity contribution in [1.29, 1.82) is 0 Å². The number of likely N-dealkylation sites (N-methyl/N-ethyl adjacent to an activating group) is 1. The zero-order valence-electron chi connectivity index (χ0n) is 15.7. The van der Waals surface area contributed by atoms with Crippen molar-refractivity contribution in [3.8, 4) is 5.75 Å². The van der Waals surface area contributed by atoms with Crippen molar-refractivity contribution >= 4 is 11.0 Å². The molecule has 1 fully saturated rings. The molecule has 0 unspecified atom stereocenters. The molecule has 4 atom stereocenters. The van der Waals surface area contributed by atoms with Gasteiger partial charge in [0.25, 0.3) is 0 Å². The summed E-state index contributed by atoms with van der Waals surface area (Å²) in [7, 11) is 2.14. The Kier molecular flexibility index (Phi) is 2.65. The quantitative estimate of drug-likeness (QED) is 0.567. The largest absolute Gasteiger partial charge is 0.473 e. The van der Waals surface area contributed by atoms with Gasteiger partial charge < -0.3 is 9.15 Å². The zero-order valence-corrected chi connectivity index (χ0v) is 15.7. The van der Waals surface area contributed by atoms with Gasteiger partial charge in [-0.1, -0.05) is 43.3 Å². The van der Waals surface area contributed by atoms with Crippen LogP contribution < -0.4 is 10.4 Å². The smallest absolute Gasteiger partial charge is 0.343 e. The van der Waals surface area contributed by atoms with Gasteiger partial charge in [0.15, 0.2) is 6.23 Å². The van der Waals surface area contributed by atoms with Gasteiger partial charge in [-0.05, 0) is 43.7 Å². The van der Waals surface area contributed by atoms with Crippen molar-refractivity contribution in [2.24, 2.45) is 0 Å². The van der Waals surface area contributed by atoms with E-state index in [9.17, 15) is 4.79 Å². The summed E-state index contributed by atoms with van der Waals surface area (Å²) < 4.78 is 12.3. The summed E-state index contributed by atoms with van der Waals surface area (Å²) in [6, 6.07) is 16.3. The van der Waals surface area contributed by atoms with Crippen LogP contribution >= 0.6 is 0 Å². The van der Waals surface area contributed by atoms with Crippen molar-refractivity contribution in [2.75, 3.05) is 7.05 Å². The van der Waals surface area contributed by atoms with Crippen LogP contribution in [0.3, 0.4) is 0 Å². The lowest BCUT2D eigenvalue weighted by atomic mass is 9.51. The highest BCUT2D eigenvalue weighted by atomic mass is 16.5. The second-order valence-corrected chi connectivity index (χ2v) is 8.64. The Bertz CT molecular complexity index is 1180. The van der Waals surface area contributed by atoms with Gasteiger partial charge in [0.1, 0.15) is 11.3 Å². The van der Waals surface area contributed by atoms with E-state index in [1.807, 2.05) is 24.3 Å². The molecule has 4 bridgehead atoms. The highest BCUT2D eigenvalue weighted by Gasteiger charge is 2.65. The Morgan fingerprint density at radius 2 is 1.81 bits per heavy atom. The van der Waals surface area contributed by atoms with Crippen LogP contribution in [0.2, 0.25) is 0 Å². The molecule has 0 N–H and O–H groups in total. The summed E-state index contributed by atoms with van der Waals surface area (Å²) in [5, 5.41) is 0.882. The molecular weight excluding hydrogens is 338 g/mol. The first-order valence-electron chi connectivity index (χ1n) is 9.50. The molecule has 0 radical (unpaired) electrons. The van der Waals surface area contributed by atoms with E-state index in [4.69, 9.17) is 9.15 Å². The third kappa shape index (κ3) is 1.62. The molecule has 0 amide bonds. The SMILES string of the molecule is CN1[C@@H]2Oc3c(c(=O)oc4ccccc34)[C@]3(C)C[C@@]1(C)c1ccccc1[C@H]23. The zero-order chi connectivity index (χ0) is 18.6. The predicted octanol–water partition coefficient (Wildman–Crippen LogP) is 4.12. The van der Waals surface area contributed by atoms with Crippen molar-refractivity contribution in [2.45, 2.75) is 43.4 Å². The Hall–Kier alpha value is -2.59. The Morgan fingerprint density at radius 1 is 1.07 bits per heavy atom. The Morgan fingerprint density at radius 3 is 2.67 bits per heavy atom. The minimum Gasteiger partial charge on any atom is -0.473 e. The van der Waals surface area contributed by atoms with Crippen molar-refractivity contribution in [1.82, 2.24) is 4.90 Å². The van der Waals surface area contributed by atoms with Gasteiger partial charge in [-0.3, -0.25) is 4.90 Å². The van der Waals surface area contributed by atoms with Crippen LogP contribution in [-0.2, 0) is 11.0 Å². The molecule has 1 aliphatic carbocycles. The molecule has 4 nitrogen and oxygen atoms in total. The summed E-state index contributed by atoms with van der Waals surface area (Å²) in [6.45, 7) is 4.49. The number of para-hydroxylation sites is 1. The van der Waals surface area contributed by atoms with Crippen LogP contribution in [-0.4, -0.2) is 18.2 Å². The average Bonchev–Trinajstić information content (AvgIpc) is 2.65. The summed E-state index contributed by atoms with van der Waals surface area (Å²) >= 11 is 0. The van der Waals surface area contributed by atoms with Gasteiger partial charge in [-0.2, -0.15) is 0 Å². The van der Waals surface area contributed by atoms with Gasteiger partial charge in [-0.15, -0.1) is 0 Å². The van der Waals surface area contributed by atoms with Crippen LogP contribution in [0.4, 0.5) is 0 Å². The average molecular weight is 359 g/mol. The highest BCUT2D eigenvalue weighted by molar-refractivity contribution is 5.85. The lowest BCUT2D eigenvalue weighted by Gasteiger charge is -2.65. The fourth-order valence-electron chi connectivity index (χ4n) is 6.06. The molecule has 4 aliphatic rings. The van der Waals surface area contributed by atoms with Crippen LogP contribution in [0.5, 0.6) is 5.75 Å². The first kappa shape index (κ1) is 15.5. The standard InChI is InChI=1S/C23H21NO3/c1-22-12-23(2)15-10-6-4-8-13(15)17(22)20(24(23)3)27-19-14-9-5-7-11-16(14)26-21(25)18(19)22/h4-11,17,20H,12H2,1-3H3/t17-,20-,22-,23+/m1/s1. The van der Waals surface area contributed by atoms with Crippen LogP contribution in [0.1, 0.15) is 42.9 Å². The molecule has 3 aromatic rings. The molecular formula is C23H21NO3. The Labute approximate surface area is 157 Å². The first-order chi connectivity index (χ1) is 12.9. The minimum absolute atomic E-state index is 0.0960. The van der Waals surface area contributed by atoms with Gasteiger partial charge in [0.05, 0.1) is 10.9 Å². The van der Waals surface area contributed by atoms with Crippen LogP contribution in [0, 0.1) is 0 Å². The normalized spacial score (nSPS) is 33.4. The number of ether oxygens (including phenoxy) is 1. The van der Waals surface area contributed by atoms with Crippen LogP contribution in [0.15, 0.2) is 57.7 Å². The number of hydrogen-bond donors (Lipinski definition) is 0. The summed E-state index contributed by atoms with van der Waals surface area (Å²) in [5.74, 6) is 0.816. The van der Waals surface area contributed by atoms with E-state index in [0.29, 0.717) is 16.9 Å². The molecule has 3 aliphatic heterocycles. The minimum atomic E-state index is -0.321. The molecule has 1 aromatic heterocycles. The van der Waals surface area contributed by atoms with E-state index in [0.717, 1.165) is 11.8 Å². The molecule has 2 aromatic carbocycles. The monoisotopic (exact) mass is 359 g/mol. The number of fused-ring (bicyclic) bond motifs is 3. The van der Waals surface area contributed by atoms with Gasteiger partial charge in [-0.25, -0.2) is 4.79 Å². The summed E-state index contributed by atoms with van der Waals surface area (Å²) in [5.41, 5.74) is 3.18. The van der Waals surface area contributed by atoms with E-state index >= 15 is 0 Å². The molecule has 27 heavy (non-hydrogen) atoms. The molecule has 1 saturated heterocycles. The van der Waals surface area contributed by atoms with E-state index in [-0.39, 0.29) is 28.7 Å². The number of benzene rings is 2. The highest BCUT2D eigenvalue weighted by Crippen LogP contribution is 2.65.